The minimum Gasteiger partial charge on any atom is -0.460 e. The van der Waals surface area contributed by atoms with Crippen molar-refractivity contribution in [2.45, 2.75) is 29.2 Å². The Labute approximate surface area is 231 Å². The van der Waals surface area contributed by atoms with E-state index >= 15 is 0 Å². The molecule has 38 heavy (non-hydrogen) atoms. The van der Waals surface area contributed by atoms with Gasteiger partial charge in [-0.3, -0.25) is 4.90 Å². The van der Waals surface area contributed by atoms with E-state index in [1.807, 2.05) is 84.7 Å². The van der Waals surface area contributed by atoms with E-state index < -0.39 is 11.6 Å². The summed E-state index contributed by atoms with van der Waals surface area (Å²) in [5.41, 5.74) is 3.16. The summed E-state index contributed by atoms with van der Waals surface area (Å²) < 4.78 is 5.56. The van der Waals surface area contributed by atoms with Crippen LogP contribution in [0.4, 0.5) is 11.4 Å². The van der Waals surface area contributed by atoms with E-state index in [-0.39, 0.29) is 17.7 Å². The number of hydrazone groups is 1. The van der Waals surface area contributed by atoms with Gasteiger partial charge in [-0.25, -0.2) is 9.80 Å². The van der Waals surface area contributed by atoms with Gasteiger partial charge in [-0.15, -0.1) is 16.9 Å². The molecule has 0 bridgehead atoms. The normalized spacial score (nSPS) is 20.3. The second-order valence-corrected chi connectivity index (χ2v) is 10.8. The second kappa shape index (κ2) is 10.2. The molecule has 0 aliphatic carbocycles. The van der Waals surface area contributed by atoms with Gasteiger partial charge in [0.15, 0.2) is 5.66 Å². The fourth-order valence-electron chi connectivity index (χ4n) is 5.28. The molecule has 2 heterocycles. The highest BCUT2D eigenvalue weighted by molar-refractivity contribution is 7.99. The molecule has 7 heteroatoms. The van der Waals surface area contributed by atoms with Crippen LogP contribution in [0.2, 0.25) is 5.02 Å². The maximum atomic E-state index is 13.5. The Bertz CT molecular complexity index is 1480. The quantitative estimate of drug-likeness (QED) is 0.244. The molecular weight excluding hydrogens is 514 g/mol. The van der Waals surface area contributed by atoms with Gasteiger partial charge in [0.1, 0.15) is 0 Å². The van der Waals surface area contributed by atoms with Crippen LogP contribution in [0.15, 0.2) is 119 Å². The Kier molecular flexibility index (Phi) is 6.60. The zero-order chi connectivity index (χ0) is 26.1. The van der Waals surface area contributed by atoms with Crippen LogP contribution in [-0.4, -0.2) is 18.4 Å². The number of carbonyl (C=O) groups excluding carboxylic acids is 1. The highest BCUT2D eigenvalue weighted by Gasteiger charge is 2.56. The Morgan fingerprint density at radius 2 is 1.61 bits per heavy atom. The number of hydrogen-bond acceptors (Lipinski definition) is 6. The van der Waals surface area contributed by atoms with Gasteiger partial charge in [0.2, 0.25) is 5.84 Å². The molecule has 5 nitrogen and oxygen atoms in total. The van der Waals surface area contributed by atoms with Gasteiger partial charge >= 0.3 is 5.97 Å². The number of anilines is 2. The number of hydrogen-bond donors (Lipinski definition) is 0. The van der Waals surface area contributed by atoms with Crippen LogP contribution >= 0.6 is 23.4 Å². The Balaban J connectivity index is 1.66. The van der Waals surface area contributed by atoms with E-state index in [1.165, 1.54) is 0 Å². The number of nitrogens with zero attached hydrogens (tertiary/aromatic N) is 3. The maximum Gasteiger partial charge on any atom is 0.376 e. The van der Waals surface area contributed by atoms with Gasteiger partial charge in [-0.1, -0.05) is 84.4 Å². The second-order valence-electron chi connectivity index (χ2n) is 9.14. The van der Waals surface area contributed by atoms with Crippen LogP contribution < -0.4 is 9.91 Å². The average Bonchev–Trinajstić information content (AvgIpc) is 3.22. The van der Waals surface area contributed by atoms with Crippen molar-refractivity contribution < 1.29 is 9.53 Å². The lowest BCUT2D eigenvalue weighted by Crippen LogP contribution is -2.55. The summed E-state index contributed by atoms with van der Waals surface area (Å²) in [6.45, 7) is 2.08. The number of rotatable bonds is 5. The van der Waals surface area contributed by atoms with Gasteiger partial charge in [0.25, 0.3) is 0 Å². The number of esters is 1. The van der Waals surface area contributed by atoms with Crippen LogP contribution in [-0.2, 0) is 15.2 Å². The van der Waals surface area contributed by atoms with E-state index in [2.05, 4.69) is 41.3 Å². The van der Waals surface area contributed by atoms with E-state index in [0.717, 1.165) is 27.4 Å². The first-order valence-corrected chi connectivity index (χ1v) is 13.9. The number of benzene rings is 4. The van der Waals surface area contributed by atoms with Gasteiger partial charge in [0, 0.05) is 27.2 Å². The molecule has 2 aliphatic heterocycles. The minimum atomic E-state index is -0.839. The molecule has 0 radical (unpaired) electrons. The molecule has 190 valence electrons. The van der Waals surface area contributed by atoms with E-state index in [4.69, 9.17) is 21.4 Å². The van der Waals surface area contributed by atoms with Gasteiger partial charge < -0.3 is 4.74 Å². The van der Waals surface area contributed by atoms with E-state index in [0.29, 0.717) is 11.4 Å². The highest BCUT2D eigenvalue weighted by atomic mass is 35.5. The fourth-order valence-corrected chi connectivity index (χ4v) is 6.76. The summed E-state index contributed by atoms with van der Waals surface area (Å²) in [7, 11) is 0. The van der Waals surface area contributed by atoms with Crippen molar-refractivity contribution in [1.82, 2.24) is 0 Å². The molecule has 0 fully saturated rings. The largest absolute Gasteiger partial charge is 0.460 e. The first-order chi connectivity index (χ1) is 18.6. The van der Waals surface area contributed by atoms with E-state index in [9.17, 15) is 4.79 Å². The molecule has 0 aromatic heterocycles. The van der Waals surface area contributed by atoms with Crippen molar-refractivity contribution in [1.29, 1.82) is 0 Å². The molecule has 0 saturated heterocycles. The molecule has 2 atom stereocenters. The summed E-state index contributed by atoms with van der Waals surface area (Å²) in [4.78, 5) is 16.7. The van der Waals surface area contributed by atoms with Gasteiger partial charge in [-0.2, -0.15) is 0 Å². The molecule has 4 aromatic carbocycles. The third-order valence-electron chi connectivity index (χ3n) is 6.91. The molecule has 4 aromatic rings. The van der Waals surface area contributed by atoms with Crippen LogP contribution in [0.5, 0.6) is 0 Å². The van der Waals surface area contributed by atoms with Crippen molar-refractivity contribution >= 4 is 46.5 Å². The molecule has 2 aliphatic rings. The van der Waals surface area contributed by atoms with Crippen LogP contribution in [0.25, 0.3) is 0 Å². The zero-order valence-electron chi connectivity index (χ0n) is 20.8. The maximum absolute atomic E-state index is 13.5. The fraction of sp³-hybridized carbons (Fsp3) is 0.161. The predicted octanol–water partition coefficient (Wildman–Crippen LogP) is 7.63. The number of carbonyl (C=O) groups is 1. The molecule has 2 unspecified atom stereocenters. The third kappa shape index (κ3) is 4.14. The van der Waals surface area contributed by atoms with Gasteiger partial charge in [0.05, 0.1) is 18.0 Å². The number of fused-ring (bicyclic) bond motifs is 3. The summed E-state index contributed by atoms with van der Waals surface area (Å²) in [6, 6.07) is 36.6. The summed E-state index contributed by atoms with van der Waals surface area (Å²) >= 11 is 8.06. The average molecular weight is 540 g/mol. The van der Waals surface area contributed by atoms with Crippen molar-refractivity contribution in [2.75, 3.05) is 16.5 Å². The lowest BCUT2D eigenvalue weighted by Gasteiger charge is -2.45. The van der Waals surface area contributed by atoms with Crippen molar-refractivity contribution in [3.8, 4) is 0 Å². The highest BCUT2D eigenvalue weighted by Crippen LogP contribution is 2.57. The lowest BCUT2D eigenvalue weighted by atomic mass is 9.88. The smallest absolute Gasteiger partial charge is 0.376 e. The third-order valence-corrected chi connectivity index (χ3v) is 8.48. The number of thioether (sulfide) groups is 1. The van der Waals surface area contributed by atoms with Crippen molar-refractivity contribution in [3.05, 3.63) is 125 Å². The number of halogens is 1. The molecule has 6 rings (SSSR count). The summed E-state index contributed by atoms with van der Waals surface area (Å²) in [6.07, 6.45) is 0.638. The number of amidine groups is 1. The molecule has 0 amide bonds. The predicted molar refractivity (Wildman–Crippen MR) is 155 cm³/mol. The molecule has 0 saturated carbocycles. The molecule has 0 spiro atoms. The molecular formula is C31H26ClN3O2S. The van der Waals surface area contributed by atoms with Crippen molar-refractivity contribution in [2.24, 2.45) is 5.10 Å². The Hall–Kier alpha value is -3.74. The first-order valence-electron chi connectivity index (χ1n) is 12.6. The van der Waals surface area contributed by atoms with Crippen LogP contribution in [0.1, 0.15) is 29.7 Å². The molecule has 0 N–H and O–H groups in total. The van der Waals surface area contributed by atoms with Gasteiger partial charge in [-0.05, 0) is 48.9 Å². The first kappa shape index (κ1) is 24.6. The minimum absolute atomic E-state index is 0.0431. The van der Waals surface area contributed by atoms with Crippen LogP contribution in [0, 0.1) is 0 Å². The standard InChI is InChI=1S/C31H26ClN3O2S/c1-2-37-30(36)29-33-35(25-13-7-4-8-14-25)31(23-11-5-3-6-12-23)21-28(22-17-19-24(32)20-18-22)38-27-16-10-9-15-26(27)34(29)31/h3-20,28H,2,21H2,1H3. The lowest BCUT2D eigenvalue weighted by molar-refractivity contribution is -0.135. The SMILES string of the molecule is CCOC(=O)C1=NN(c2ccccc2)C2(c3ccccc3)CC(c3ccc(Cl)cc3)Sc3ccccc3N12. The number of ether oxygens (including phenoxy) is 1. The Morgan fingerprint density at radius 3 is 2.32 bits per heavy atom. The number of para-hydroxylation sites is 2. The van der Waals surface area contributed by atoms with E-state index in [1.54, 1.807) is 11.8 Å². The Morgan fingerprint density at radius 1 is 0.947 bits per heavy atom. The van der Waals surface area contributed by atoms with Crippen molar-refractivity contribution in [3.63, 3.8) is 0 Å². The summed E-state index contributed by atoms with van der Waals surface area (Å²) in [5, 5.41) is 7.77. The zero-order valence-corrected chi connectivity index (χ0v) is 22.4. The topological polar surface area (TPSA) is 45.1 Å². The monoisotopic (exact) mass is 539 g/mol. The summed E-state index contributed by atoms with van der Waals surface area (Å²) in [5.74, 6) is -0.180. The van der Waals surface area contributed by atoms with Crippen LogP contribution in [0.3, 0.4) is 0 Å².